The third-order valence-corrected chi connectivity index (χ3v) is 5.81. The summed E-state index contributed by atoms with van der Waals surface area (Å²) in [6.45, 7) is 3.92. The molecule has 2 N–H and O–H groups in total. The lowest BCUT2D eigenvalue weighted by Gasteiger charge is -2.20. The molecule has 2 aromatic carbocycles. The van der Waals surface area contributed by atoms with Gasteiger partial charge in [0.25, 0.3) is 15.9 Å². The van der Waals surface area contributed by atoms with E-state index in [1.54, 1.807) is 43.5 Å². The van der Waals surface area contributed by atoms with Crippen molar-refractivity contribution in [3.63, 3.8) is 0 Å². The molecule has 0 unspecified atom stereocenters. The Kier molecular flexibility index (Phi) is 7.20. The summed E-state index contributed by atoms with van der Waals surface area (Å²) in [6.07, 6.45) is 0. The number of likely N-dealkylation sites (N-methyl/N-ethyl adjacent to an activating group) is 1. The summed E-state index contributed by atoms with van der Waals surface area (Å²) in [4.78, 5) is 12.3. The van der Waals surface area contributed by atoms with E-state index in [9.17, 15) is 13.2 Å². The second-order valence-electron chi connectivity index (χ2n) is 5.81. The molecule has 0 saturated heterocycles. The molecule has 0 aliphatic heterocycles. The van der Waals surface area contributed by atoms with Gasteiger partial charge in [-0.2, -0.15) is 0 Å². The number of benzene rings is 2. The lowest BCUT2D eigenvalue weighted by atomic mass is 10.2. The Morgan fingerprint density at radius 1 is 1.11 bits per heavy atom. The third kappa shape index (κ3) is 5.21. The molecule has 27 heavy (non-hydrogen) atoms. The number of nitrogens with zero attached hydrogens (tertiary/aromatic N) is 1. The predicted molar refractivity (Wildman–Crippen MR) is 106 cm³/mol. The molecule has 0 aliphatic carbocycles. The molecule has 0 spiro atoms. The Hall–Kier alpha value is -2.58. The lowest BCUT2D eigenvalue weighted by Crippen LogP contribution is -2.32. The Balaban J connectivity index is 2.18. The van der Waals surface area contributed by atoms with Crippen LogP contribution in [0.25, 0.3) is 0 Å². The first-order valence-electron chi connectivity index (χ1n) is 8.62. The van der Waals surface area contributed by atoms with Crippen LogP contribution in [0.4, 0.5) is 5.69 Å². The minimum atomic E-state index is -3.80. The SMILES string of the molecule is CCNCCNC(=O)c1cccc(S(=O)(=O)N(C)c2ccc(OC)cc2)c1. The number of carbonyl (C=O) groups is 1. The molecule has 2 rings (SSSR count). The normalized spacial score (nSPS) is 11.1. The van der Waals surface area contributed by atoms with Gasteiger partial charge in [-0.15, -0.1) is 0 Å². The zero-order valence-corrected chi connectivity index (χ0v) is 16.5. The molecule has 0 radical (unpaired) electrons. The highest BCUT2D eigenvalue weighted by molar-refractivity contribution is 7.92. The fourth-order valence-electron chi connectivity index (χ4n) is 2.43. The summed E-state index contributed by atoms with van der Waals surface area (Å²) < 4.78 is 32.1. The standard InChI is InChI=1S/C19H25N3O4S/c1-4-20-12-13-21-19(23)15-6-5-7-18(14-15)27(24,25)22(2)16-8-10-17(26-3)11-9-16/h5-11,14,20H,4,12-13H2,1-3H3,(H,21,23). The van der Waals surface area contributed by atoms with Gasteiger partial charge in [-0.05, 0) is 49.0 Å². The van der Waals surface area contributed by atoms with Gasteiger partial charge in [-0.3, -0.25) is 9.10 Å². The second kappa shape index (κ2) is 9.38. The Morgan fingerprint density at radius 2 is 1.81 bits per heavy atom. The van der Waals surface area contributed by atoms with Crippen molar-refractivity contribution >= 4 is 21.6 Å². The highest BCUT2D eigenvalue weighted by Crippen LogP contribution is 2.24. The zero-order chi connectivity index (χ0) is 19.9. The van der Waals surface area contributed by atoms with E-state index in [4.69, 9.17) is 4.74 Å². The van der Waals surface area contributed by atoms with Gasteiger partial charge in [0, 0.05) is 25.7 Å². The molecule has 0 fully saturated rings. The average Bonchev–Trinajstić information content (AvgIpc) is 2.70. The Bertz CT molecular complexity index is 867. The van der Waals surface area contributed by atoms with Crippen LogP contribution in [0.1, 0.15) is 17.3 Å². The van der Waals surface area contributed by atoms with Crippen LogP contribution in [0.15, 0.2) is 53.4 Å². The molecule has 0 bridgehead atoms. The Labute approximate surface area is 160 Å². The minimum Gasteiger partial charge on any atom is -0.497 e. The zero-order valence-electron chi connectivity index (χ0n) is 15.7. The number of nitrogens with one attached hydrogen (secondary N) is 2. The quantitative estimate of drug-likeness (QED) is 0.637. The summed E-state index contributed by atoms with van der Waals surface area (Å²) in [7, 11) is -0.778. The third-order valence-electron chi connectivity index (χ3n) is 4.03. The second-order valence-corrected chi connectivity index (χ2v) is 7.78. The van der Waals surface area contributed by atoms with E-state index in [1.165, 1.54) is 23.5 Å². The van der Waals surface area contributed by atoms with E-state index in [0.29, 0.717) is 30.1 Å². The van der Waals surface area contributed by atoms with Crippen LogP contribution in [-0.4, -0.2) is 48.1 Å². The van der Waals surface area contributed by atoms with Crippen LogP contribution in [0.3, 0.4) is 0 Å². The molecule has 0 saturated carbocycles. The maximum atomic E-state index is 12.9. The first-order chi connectivity index (χ1) is 12.9. The van der Waals surface area contributed by atoms with Crippen LogP contribution in [0.2, 0.25) is 0 Å². The summed E-state index contributed by atoms with van der Waals surface area (Å²) in [5, 5.41) is 5.87. The lowest BCUT2D eigenvalue weighted by molar-refractivity contribution is 0.0953. The molecule has 7 nitrogen and oxygen atoms in total. The van der Waals surface area contributed by atoms with Gasteiger partial charge in [0.1, 0.15) is 5.75 Å². The summed E-state index contributed by atoms with van der Waals surface area (Å²) in [5.74, 6) is 0.331. The van der Waals surface area contributed by atoms with Crippen LogP contribution >= 0.6 is 0 Å². The van der Waals surface area contributed by atoms with E-state index in [2.05, 4.69) is 10.6 Å². The number of methoxy groups -OCH3 is 1. The number of rotatable bonds is 9. The highest BCUT2D eigenvalue weighted by atomic mass is 32.2. The molecular formula is C19H25N3O4S. The fourth-order valence-corrected chi connectivity index (χ4v) is 3.67. The van der Waals surface area contributed by atoms with Crippen molar-refractivity contribution in [2.75, 3.05) is 38.1 Å². The van der Waals surface area contributed by atoms with Gasteiger partial charge >= 0.3 is 0 Å². The first-order valence-corrected chi connectivity index (χ1v) is 10.1. The van der Waals surface area contributed by atoms with E-state index in [-0.39, 0.29) is 10.8 Å². The van der Waals surface area contributed by atoms with Crippen LogP contribution in [0, 0.1) is 0 Å². The van der Waals surface area contributed by atoms with Crippen LogP contribution in [0.5, 0.6) is 5.75 Å². The molecule has 2 aromatic rings. The highest BCUT2D eigenvalue weighted by Gasteiger charge is 2.22. The molecule has 146 valence electrons. The molecular weight excluding hydrogens is 366 g/mol. The van der Waals surface area contributed by atoms with E-state index in [0.717, 1.165) is 6.54 Å². The van der Waals surface area contributed by atoms with E-state index < -0.39 is 10.0 Å². The number of hydrogen-bond acceptors (Lipinski definition) is 5. The summed E-state index contributed by atoms with van der Waals surface area (Å²) >= 11 is 0. The van der Waals surface area contributed by atoms with Gasteiger partial charge in [-0.1, -0.05) is 13.0 Å². The maximum absolute atomic E-state index is 12.9. The topological polar surface area (TPSA) is 87.7 Å². The number of carbonyl (C=O) groups excluding carboxylic acids is 1. The van der Waals surface area contributed by atoms with E-state index in [1.807, 2.05) is 6.92 Å². The average molecular weight is 391 g/mol. The van der Waals surface area contributed by atoms with Gasteiger partial charge in [0.2, 0.25) is 0 Å². The van der Waals surface area contributed by atoms with Crippen molar-refractivity contribution in [3.8, 4) is 5.75 Å². The molecule has 0 heterocycles. The largest absolute Gasteiger partial charge is 0.497 e. The smallest absolute Gasteiger partial charge is 0.264 e. The van der Waals surface area contributed by atoms with Gasteiger partial charge < -0.3 is 15.4 Å². The molecule has 1 amide bonds. The van der Waals surface area contributed by atoms with Crippen LogP contribution < -0.4 is 19.7 Å². The fraction of sp³-hybridized carbons (Fsp3) is 0.316. The summed E-state index contributed by atoms with van der Waals surface area (Å²) in [5.41, 5.74) is 0.798. The van der Waals surface area contributed by atoms with Crippen LogP contribution in [-0.2, 0) is 10.0 Å². The van der Waals surface area contributed by atoms with Crippen molar-refractivity contribution in [3.05, 3.63) is 54.1 Å². The van der Waals surface area contributed by atoms with Crippen molar-refractivity contribution in [1.29, 1.82) is 0 Å². The molecule has 0 atom stereocenters. The number of anilines is 1. The maximum Gasteiger partial charge on any atom is 0.264 e. The van der Waals surface area contributed by atoms with Crippen molar-refractivity contribution in [1.82, 2.24) is 10.6 Å². The molecule has 0 aromatic heterocycles. The van der Waals surface area contributed by atoms with E-state index >= 15 is 0 Å². The Morgan fingerprint density at radius 3 is 2.44 bits per heavy atom. The van der Waals surface area contributed by atoms with Crippen molar-refractivity contribution in [2.45, 2.75) is 11.8 Å². The van der Waals surface area contributed by atoms with Gasteiger partial charge in [-0.25, -0.2) is 8.42 Å². The molecule has 0 aliphatic rings. The number of ether oxygens (including phenoxy) is 1. The predicted octanol–water partition coefficient (Wildman–Crippen LogP) is 1.86. The first kappa shape index (κ1) is 20.7. The van der Waals surface area contributed by atoms with Crippen molar-refractivity contribution in [2.24, 2.45) is 0 Å². The van der Waals surface area contributed by atoms with Crippen molar-refractivity contribution < 1.29 is 17.9 Å². The summed E-state index contributed by atoms with van der Waals surface area (Å²) in [6, 6.07) is 12.7. The number of amides is 1. The molecule has 8 heteroatoms. The van der Waals surface area contributed by atoms with Gasteiger partial charge in [0.15, 0.2) is 0 Å². The number of hydrogen-bond donors (Lipinski definition) is 2. The van der Waals surface area contributed by atoms with Gasteiger partial charge in [0.05, 0.1) is 17.7 Å². The minimum absolute atomic E-state index is 0.0557. The monoisotopic (exact) mass is 391 g/mol. The number of sulfonamides is 1.